The van der Waals surface area contributed by atoms with Crippen LogP contribution in [0.2, 0.25) is 0 Å². The first kappa shape index (κ1) is 15.0. The maximum atomic E-state index is 4.59. The number of rotatable bonds is 3. The quantitative estimate of drug-likeness (QED) is 0.565. The monoisotopic (exact) mass is 346 g/mol. The minimum Gasteiger partial charge on any atom is -0.350 e. The number of hydrogen-bond acceptors (Lipinski definition) is 6. The molecular weight excluding hydrogens is 328 g/mol. The van der Waals surface area contributed by atoms with Gasteiger partial charge in [0.15, 0.2) is 17.0 Å². The summed E-state index contributed by atoms with van der Waals surface area (Å²) in [4.78, 5) is 11.1. The lowest BCUT2D eigenvalue weighted by atomic mass is 10.1. The van der Waals surface area contributed by atoms with Gasteiger partial charge in [-0.3, -0.25) is 4.68 Å². The van der Waals surface area contributed by atoms with E-state index in [0.717, 1.165) is 41.5 Å². The maximum absolute atomic E-state index is 4.59. The highest BCUT2D eigenvalue weighted by molar-refractivity contribution is 5.84. The van der Waals surface area contributed by atoms with Gasteiger partial charge in [0.25, 0.3) is 0 Å². The van der Waals surface area contributed by atoms with Crippen LogP contribution < -0.4 is 4.90 Å². The van der Waals surface area contributed by atoms with Gasteiger partial charge in [-0.15, -0.1) is 5.10 Å². The molecule has 8 nitrogen and oxygen atoms in total. The van der Waals surface area contributed by atoms with Crippen LogP contribution in [0.3, 0.4) is 0 Å². The standard InChI is InChI=1S/C18H18N8/c1-12-8-13(2)25(22-12)15-9-24(10-15)17-16-18(20-11-19-17)26(23-21-16)14-6-4-3-5-7-14/h3-8,11,15H,9-10H2,1-2H3. The van der Waals surface area contributed by atoms with Gasteiger partial charge in [-0.2, -0.15) is 9.78 Å². The number of fused-ring (bicyclic) bond motifs is 1. The van der Waals surface area contributed by atoms with Crippen molar-refractivity contribution in [1.82, 2.24) is 34.7 Å². The Bertz CT molecular complexity index is 1080. The summed E-state index contributed by atoms with van der Waals surface area (Å²) in [5.74, 6) is 0.829. The molecule has 0 aliphatic carbocycles. The largest absolute Gasteiger partial charge is 0.350 e. The first-order valence-electron chi connectivity index (χ1n) is 8.60. The molecule has 1 aliphatic rings. The van der Waals surface area contributed by atoms with Gasteiger partial charge < -0.3 is 4.90 Å². The Balaban J connectivity index is 1.46. The second-order valence-electron chi connectivity index (χ2n) is 6.64. The molecule has 0 saturated carbocycles. The SMILES string of the molecule is Cc1cc(C)n(C2CN(c3ncnc4c3nnn4-c3ccccc3)C2)n1. The summed E-state index contributed by atoms with van der Waals surface area (Å²) in [6, 6.07) is 12.4. The Kier molecular flexibility index (Phi) is 3.24. The number of para-hydroxylation sites is 1. The fourth-order valence-electron chi connectivity index (χ4n) is 3.51. The zero-order chi connectivity index (χ0) is 17.7. The van der Waals surface area contributed by atoms with E-state index in [4.69, 9.17) is 0 Å². The summed E-state index contributed by atoms with van der Waals surface area (Å²) < 4.78 is 3.85. The van der Waals surface area contributed by atoms with E-state index in [2.05, 4.69) is 48.0 Å². The van der Waals surface area contributed by atoms with Gasteiger partial charge in [-0.25, -0.2) is 9.97 Å². The van der Waals surface area contributed by atoms with Crippen LogP contribution in [0.5, 0.6) is 0 Å². The second-order valence-corrected chi connectivity index (χ2v) is 6.64. The van der Waals surface area contributed by atoms with Crippen molar-refractivity contribution in [3.8, 4) is 5.69 Å². The van der Waals surface area contributed by atoms with Gasteiger partial charge >= 0.3 is 0 Å². The topological polar surface area (TPSA) is 77.5 Å². The van der Waals surface area contributed by atoms with Crippen LogP contribution in [-0.2, 0) is 0 Å². The van der Waals surface area contributed by atoms with Gasteiger partial charge in [0.1, 0.15) is 6.33 Å². The normalized spacial score (nSPS) is 14.8. The van der Waals surface area contributed by atoms with Gasteiger partial charge in [0.2, 0.25) is 0 Å². The van der Waals surface area contributed by atoms with Gasteiger partial charge in [-0.1, -0.05) is 23.4 Å². The highest BCUT2D eigenvalue weighted by Gasteiger charge is 2.32. The first-order valence-corrected chi connectivity index (χ1v) is 8.60. The molecule has 0 atom stereocenters. The average molecular weight is 346 g/mol. The zero-order valence-electron chi connectivity index (χ0n) is 14.6. The number of hydrogen-bond donors (Lipinski definition) is 0. The van der Waals surface area contributed by atoms with Crippen LogP contribution in [0.25, 0.3) is 16.9 Å². The Morgan fingerprint density at radius 2 is 1.85 bits per heavy atom. The number of aromatic nitrogens is 7. The number of benzene rings is 1. The molecule has 0 bridgehead atoms. The molecule has 4 heterocycles. The predicted octanol–water partition coefficient (Wildman–Crippen LogP) is 2.09. The molecule has 1 aromatic carbocycles. The van der Waals surface area contributed by atoms with Crippen molar-refractivity contribution in [3.05, 3.63) is 54.1 Å². The van der Waals surface area contributed by atoms with Crippen molar-refractivity contribution in [2.45, 2.75) is 19.9 Å². The van der Waals surface area contributed by atoms with Crippen molar-refractivity contribution in [3.63, 3.8) is 0 Å². The summed E-state index contributed by atoms with van der Waals surface area (Å²) in [5.41, 5.74) is 4.62. The van der Waals surface area contributed by atoms with E-state index in [-0.39, 0.29) is 0 Å². The third-order valence-electron chi connectivity index (χ3n) is 4.77. The second kappa shape index (κ2) is 5.62. The Labute approximate surface area is 150 Å². The zero-order valence-corrected chi connectivity index (χ0v) is 14.6. The van der Waals surface area contributed by atoms with Crippen LogP contribution in [0.15, 0.2) is 42.7 Å². The number of nitrogens with zero attached hydrogens (tertiary/aromatic N) is 8. The summed E-state index contributed by atoms with van der Waals surface area (Å²) >= 11 is 0. The Morgan fingerprint density at radius 1 is 1.04 bits per heavy atom. The lowest BCUT2D eigenvalue weighted by molar-refractivity contribution is 0.359. The molecule has 4 aromatic rings. The first-order chi connectivity index (χ1) is 12.7. The molecule has 3 aromatic heterocycles. The smallest absolute Gasteiger partial charge is 0.189 e. The molecule has 130 valence electrons. The van der Waals surface area contributed by atoms with Crippen molar-refractivity contribution in [1.29, 1.82) is 0 Å². The number of anilines is 1. The van der Waals surface area contributed by atoms with Crippen LogP contribution in [0, 0.1) is 13.8 Å². The highest BCUT2D eigenvalue weighted by atomic mass is 15.5. The molecule has 5 rings (SSSR count). The lowest BCUT2D eigenvalue weighted by Gasteiger charge is -2.40. The van der Waals surface area contributed by atoms with E-state index < -0.39 is 0 Å². The van der Waals surface area contributed by atoms with Crippen LogP contribution in [-0.4, -0.2) is 47.8 Å². The molecular formula is C18H18N8. The van der Waals surface area contributed by atoms with E-state index in [0.29, 0.717) is 6.04 Å². The molecule has 1 saturated heterocycles. The maximum Gasteiger partial charge on any atom is 0.189 e. The molecule has 0 spiro atoms. The summed E-state index contributed by atoms with van der Waals surface area (Å²) in [6.45, 7) is 5.82. The van der Waals surface area contributed by atoms with Crippen molar-refractivity contribution >= 4 is 17.0 Å². The Hall–Kier alpha value is -3.29. The van der Waals surface area contributed by atoms with E-state index in [1.165, 1.54) is 5.69 Å². The van der Waals surface area contributed by atoms with Crippen LogP contribution >= 0.6 is 0 Å². The molecule has 26 heavy (non-hydrogen) atoms. The third kappa shape index (κ3) is 2.26. The summed E-state index contributed by atoms with van der Waals surface area (Å²) in [7, 11) is 0. The van der Waals surface area contributed by atoms with E-state index in [1.807, 2.05) is 37.3 Å². The van der Waals surface area contributed by atoms with E-state index >= 15 is 0 Å². The molecule has 0 amide bonds. The Morgan fingerprint density at radius 3 is 2.58 bits per heavy atom. The minimum absolute atomic E-state index is 0.359. The minimum atomic E-state index is 0.359. The predicted molar refractivity (Wildman–Crippen MR) is 97.4 cm³/mol. The van der Waals surface area contributed by atoms with Crippen molar-refractivity contribution in [2.24, 2.45) is 0 Å². The molecule has 1 aliphatic heterocycles. The summed E-state index contributed by atoms with van der Waals surface area (Å²) in [6.07, 6.45) is 1.58. The molecule has 1 fully saturated rings. The van der Waals surface area contributed by atoms with Gasteiger partial charge in [0, 0.05) is 18.8 Å². The van der Waals surface area contributed by atoms with Gasteiger partial charge in [0.05, 0.1) is 17.4 Å². The molecule has 0 radical (unpaired) electrons. The molecule has 0 N–H and O–H groups in total. The number of aryl methyl sites for hydroxylation is 2. The van der Waals surface area contributed by atoms with Crippen molar-refractivity contribution < 1.29 is 0 Å². The fraction of sp³-hybridized carbons (Fsp3) is 0.278. The highest BCUT2D eigenvalue weighted by Crippen LogP contribution is 2.31. The van der Waals surface area contributed by atoms with Crippen LogP contribution in [0.4, 0.5) is 5.82 Å². The average Bonchev–Trinajstić information content (AvgIpc) is 3.18. The van der Waals surface area contributed by atoms with Crippen molar-refractivity contribution in [2.75, 3.05) is 18.0 Å². The third-order valence-corrected chi connectivity index (χ3v) is 4.77. The fourth-order valence-corrected chi connectivity index (χ4v) is 3.51. The summed E-state index contributed by atoms with van der Waals surface area (Å²) in [5, 5.41) is 13.2. The van der Waals surface area contributed by atoms with Gasteiger partial charge in [-0.05, 0) is 32.0 Å². The van der Waals surface area contributed by atoms with E-state index in [1.54, 1.807) is 11.0 Å². The molecule has 0 unspecified atom stereocenters. The molecule has 8 heteroatoms. The lowest BCUT2D eigenvalue weighted by Crippen LogP contribution is -2.49. The van der Waals surface area contributed by atoms with E-state index in [9.17, 15) is 0 Å². The van der Waals surface area contributed by atoms with Crippen LogP contribution in [0.1, 0.15) is 17.4 Å².